The van der Waals surface area contributed by atoms with Crippen LogP contribution in [0.5, 0.6) is 11.5 Å². The van der Waals surface area contributed by atoms with Gasteiger partial charge in [-0.15, -0.1) is 0 Å². The summed E-state index contributed by atoms with van der Waals surface area (Å²) in [4.78, 5) is 13.5. The number of nitrogens with zero attached hydrogens (tertiary/aromatic N) is 2. The average Bonchev–Trinajstić information content (AvgIpc) is 2.66. The van der Waals surface area contributed by atoms with Gasteiger partial charge in [0, 0.05) is 19.2 Å². The van der Waals surface area contributed by atoms with Crippen LogP contribution in [0.15, 0.2) is 48.5 Å². The van der Waals surface area contributed by atoms with Gasteiger partial charge in [0.25, 0.3) is 5.91 Å². The van der Waals surface area contributed by atoms with Crippen molar-refractivity contribution in [1.82, 2.24) is 4.90 Å². The highest BCUT2D eigenvalue weighted by atomic mass is 16.5. The summed E-state index contributed by atoms with van der Waals surface area (Å²) in [7, 11) is 1.64. The molecular weight excluding hydrogens is 320 g/mol. The van der Waals surface area contributed by atoms with Crippen LogP contribution in [-0.4, -0.2) is 49.3 Å². The Hall–Kier alpha value is -3.04. The molecule has 0 aliphatic heterocycles. The number of carbonyl (C=O) groups is 1. The summed E-state index contributed by atoms with van der Waals surface area (Å²) in [6.45, 7) is 0.954. The maximum atomic E-state index is 12.0. The maximum Gasteiger partial charge on any atom is 0.253 e. The minimum atomic E-state index is -0.148. The second kappa shape index (κ2) is 9.30. The van der Waals surface area contributed by atoms with E-state index in [4.69, 9.17) is 19.8 Å². The highest BCUT2D eigenvalue weighted by molar-refractivity contribution is 5.94. The Bertz CT molecular complexity index is 721. The van der Waals surface area contributed by atoms with Crippen LogP contribution in [0.1, 0.15) is 15.9 Å². The van der Waals surface area contributed by atoms with Gasteiger partial charge in [-0.3, -0.25) is 4.79 Å². The molecule has 0 atom stereocenters. The Morgan fingerprint density at radius 3 is 2.04 bits per heavy atom. The lowest BCUT2D eigenvalue weighted by Gasteiger charge is -2.15. The number of aliphatic hydroxyl groups is 1. The number of carbonyl (C=O) groups excluding carboxylic acids is 1. The second-order valence-electron chi connectivity index (χ2n) is 5.31. The van der Waals surface area contributed by atoms with Crippen molar-refractivity contribution in [2.45, 2.75) is 0 Å². The van der Waals surface area contributed by atoms with Gasteiger partial charge in [-0.2, -0.15) is 5.26 Å². The van der Waals surface area contributed by atoms with Gasteiger partial charge >= 0.3 is 0 Å². The number of amides is 1. The van der Waals surface area contributed by atoms with Crippen molar-refractivity contribution in [1.29, 1.82) is 5.26 Å². The Balaban J connectivity index is 1.77. The monoisotopic (exact) mass is 340 g/mol. The number of rotatable bonds is 8. The first kappa shape index (κ1) is 18.3. The average molecular weight is 340 g/mol. The Morgan fingerprint density at radius 1 is 1.04 bits per heavy atom. The third kappa shape index (κ3) is 5.52. The molecule has 0 aliphatic carbocycles. The molecule has 0 radical (unpaired) electrons. The van der Waals surface area contributed by atoms with Crippen LogP contribution in [0, 0.1) is 11.3 Å². The van der Waals surface area contributed by atoms with E-state index in [1.54, 1.807) is 55.6 Å². The lowest BCUT2D eigenvalue weighted by Crippen LogP contribution is -2.29. The summed E-state index contributed by atoms with van der Waals surface area (Å²) in [5.41, 5.74) is 1.13. The fraction of sp³-hybridized carbons (Fsp3) is 0.263. The van der Waals surface area contributed by atoms with Gasteiger partial charge < -0.3 is 19.5 Å². The first-order chi connectivity index (χ1) is 12.1. The van der Waals surface area contributed by atoms with Crippen molar-refractivity contribution >= 4 is 5.91 Å². The Kier molecular flexibility index (Phi) is 6.81. The van der Waals surface area contributed by atoms with Crippen LogP contribution < -0.4 is 9.47 Å². The zero-order chi connectivity index (χ0) is 18.1. The van der Waals surface area contributed by atoms with Crippen molar-refractivity contribution in [2.75, 3.05) is 33.4 Å². The predicted octanol–water partition coefficient (Wildman–Crippen LogP) is 2.08. The van der Waals surface area contributed by atoms with Crippen molar-refractivity contribution in [2.24, 2.45) is 0 Å². The number of benzene rings is 2. The smallest absolute Gasteiger partial charge is 0.253 e. The minimum Gasteiger partial charge on any atom is -0.490 e. The molecule has 0 aromatic heterocycles. The molecule has 0 unspecified atom stereocenters. The van der Waals surface area contributed by atoms with E-state index >= 15 is 0 Å². The summed E-state index contributed by atoms with van der Waals surface area (Å²) in [6, 6.07) is 15.7. The Morgan fingerprint density at radius 2 is 1.56 bits per heavy atom. The molecule has 2 rings (SSSR count). The van der Waals surface area contributed by atoms with Crippen molar-refractivity contribution < 1.29 is 19.4 Å². The fourth-order valence-corrected chi connectivity index (χ4v) is 2.11. The molecule has 0 heterocycles. The van der Waals surface area contributed by atoms with Crippen molar-refractivity contribution in [3.8, 4) is 17.6 Å². The number of hydrogen-bond donors (Lipinski definition) is 1. The molecule has 6 nitrogen and oxygen atoms in total. The molecule has 2 aromatic rings. The third-order valence-corrected chi connectivity index (χ3v) is 3.49. The fourth-order valence-electron chi connectivity index (χ4n) is 2.11. The van der Waals surface area contributed by atoms with Gasteiger partial charge in [-0.05, 0) is 48.5 Å². The summed E-state index contributed by atoms with van der Waals surface area (Å²) >= 11 is 0. The van der Waals surface area contributed by atoms with E-state index in [0.717, 1.165) is 0 Å². The molecule has 0 fully saturated rings. The number of ether oxygens (including phenoxy) is 2. The zero-order valence-corrected chi connectivity index (χ0v) is 14.0. The highest BCUT2D eigenvalue weighted by Gasteiger charge is 2.10. The number of likely N-dealkylation sites (N-methyl/N-ethyl adjacent to an activating group) is 1. The molecule has 0 saturated carbocycles. The van der Waals surface area contributed by atoms with Gasteiger partial charge in [0.15, 0.2) is 0 Å². The normalized spacial score (nSPS) is 9.96. The number of hydrogen-bond acceptors (Lipinski definition) is 5. The molecule has 25 heavy (non-hydrogen) atoms. The molecule has 0 spiro atoms. The first-order valence-corrected chi connectivity index (χ1v) is 7.86. The van der Waals surface area contributed by atoms with E-state index < -0.39 is 0 Å². The molecule has 1 N–H and O–H groups in total. The van der Waals surface area contributed by atoms with E-state index in [1.807, 2.05) is 6.07 Å². The maximum absolute atomic E-state index is 12.0. The van der Waals surface area contributed by atoms with Crippen LogP contribution in [0.25, 0.3) is 0 Å². The first-order valence-electron chi connectivity index (χ1n) is 7.86. The molecule has 6 heteroatoms. The lowest BCUT2D eigenvalue weighted by atomic mass is 10.2. The van der Waals surface area contributed by atoms with Crippen LogP contribution in [-0.2, 0) is 0 Å². The molecule has 0 bridgehead atoms. The molecule has 0 saturated heterocycles. The van der Waals surface area contributed by atoms with E-state index in [-0.39, 0.29) is 12.5 Å². The largest absolute Gasteiger partial charge is 0.490 e. The van der Waals surface area contributed by atoms with Crippen molar-refractivity contribution in [3.63, 3.8) is 0 Å². The number of nitriles is 1. The zero-order valence-electron chi connectivity index (χ0n) is 14.0. The van der Waals surface area contributed by atoms with E-state index in [2.05, 4.69) is 0 Å². The molecular formula is C19H20N2O4. The minimum absolute atomic E-state index is 0.0668. The summed E-state index contributed by atoms with van der Waals surface area (Å²) in [6.07, 6.45) is 0. The quantitative estimate of drug-likeness (QED) is 0.744. The van der Waals surface area contributed by atoms with Crippen molar-refractivity contribution in [3.05, 3.63) is 59.7 Å². The van der Waals surface area contributed by atoms with Gasteiger partial charge in [0.05, 0.1) is 18.2 Å². The van der Waals surface area contributed by atoms with Crippen LogP contribution in [0.3, 0.4) is 0 Å². The standard InChI is InChI=1S/C19H20N2O4/c1-21(10-11-22)19(23)16-4-8-18(9-5-16)25-13-12-24-17-6-2-15(14-20)3-7-17/h2-9,22H,10-13H2,1H3. The van der Waals surface area contributed by atoms with Gasteiger partial charge in [-0.1, -0.05) is 0 Å². The lowest BCUT2D eigenvalue weighted by molar-refractivity contribution is 0.0767. The summed E-state index contributed by atoms with van der Waals surface area (Å²) < 4.78 is 11.1. The topological polar surface area (TPSA) is 82.8 Å². The van der Waals surface area contributed by atoms with Gasteiger partial charge in [-0.25, -0.2) is 0 Å². The summed E-state index contributed by atoms with van der Waals surface area (Å²) in [5, 5.41) is 17.6. The predicted molar refractivity (Wildman–Crippen MR) is 92.6 cm³/mol. The molecule has 0 aliphatic rings. The molecule has 1 amide bonds. The highest BCUT2D eigenvalue weighted by Crippen LogP contribution is 2.14. The van der Waals surface area contributed by atoms with Crippen LogP contribution in [0.4, 0.5) is 0 Å². The third-order valence-electron chi connectivity index (χ3n) is 3.49. The second-order valence-corrected chi connectivity index (χ2v) is 5.31. The van der Waals surface area contributed by atoms with Crippen LogP contribution in [0.2, 0.25) is 0 Å². The molecule has 130 valence electrons. The van der Waals surface area contributed by atoms with E-state index in [0.29, 0.717) is 42.4 Å². The van der Waals surface area contributed by atoms with Gasteiger partial charge in [0.1, 0.15) is 24.7 Å². The van der Waals surface area contributed by atoms with Gasteiger partial charge in [0.2, 0.25) is 0 Å². The van der Waals surface area contributed by atoms with E-state index in [1.165, 1.54) is 4.90 Å². The van der Waals surface area contributed by atoms with E-state index in [9.17, 15) is 4.79 Å². The van der Waals surface area contributed by atoms with Crippen LogP contribution >= 0.6 is 0 Å². The number of aliphatic hydroxyl groups excluding tert-OH is 1. The summed E-state index contributed by atoms with van der Waals surface area (Å²) in [5.74, 6) is 1.17. The SMILES string of the molecule is CN(CCO)C(=O)c1ccc(OCCOc2ccc(C#N)cc2)cc1. The molecule has 2 aromatic carbocycles. The Labute approximate surface area is 146 Å².